The summed E-state index contributed by atoms with van der Waals surface area (Å²) < 4.78 is 28.4. The molecule has 3 rings (SSSR count). The van der Waals surface area contributed by atoms with Gasteiger partial charge in [-0.05, 0) is 48.7 Å². The monoisotopic (exact) mass is 613 g/mol. The summed E-state index contributed by atoms with van der Waals surface area (Å²) in [7, 11) is -2.52. The zero-order valence-corrected chi connectivity index (χ0v) is 25.0. The highest BCUT2D eigenvalue weighted by Crippen LogP contribution is 2.19. The van der Waals surface area contributed by atoms with E-state index in [1.807, 2.05) is 68.4 Å². The molecule has 0 saturated carbocycles. The van der Waals surface area contributed by atoms with Gasteiger partial charge in [0.15, 0.2) is 0 Å². The molecule has 0 aliphatic carbocycles. The first-order valence-corrected chi connectivity index (χ1v) is 15.2. The molecular weight excluding hydrogens is 578 g/mol. The number of amides is 2. The minimum absolute atomic E-state index is 0.112. The largest absolute Gasteiger partial charge is 0.354 e. The van der Waals surface area contributed by atoms with Crippen molar-refractivity contribution in [2.75, 3.05) is 20.1 Å². The third-order valence-electron chi connectivity index (χ3n) is 6.45. The van der Waals surface area contributed by atoms with Gasteiger partial charge in [0, 0.05) is 31.0 Å². The number of rotatable bonds is 13. The number of likely N-dealkylation sites (N-methyl/N-ethyl adjacent to an activating group) is 1. The molecule has 39 heavy (non-hydrogen) atoms. The van der Waals surface area contributed by atoms with Crippen LogP contribution in [0.1, 0.15) is 36.5 Å². The predicted octanol–water partition coefficient (Wildman–Crippen LogP) is 4.93. The molecule has 0 aromatic heterocycles. The Kier molecular flexibility index (Phi) is 11.3. The van der Waals surface area contributed by atoms with Crippen molar-refractivity contribution >= 4 is 37.8 Å². The zero-order valence-electron chi connectivity index (χ0n) is 22.6. The van der Waals surface area contributed by atoms with E-state index < -0.39 is 28.5 Å². The van der Waals surface area contributed by atoms with E-state index in [9.17, 15) is 18.0 Å². The molecule has 9 heteroatoms. The number of carbonyl (C=O) groups excluding carboxylic acids is 2. The van der Waals surface area contributed by atoms with Gasteiger partial charge in [-0.15, -0.1) is 0 Å². The summed E-state index contributed by atoms with van der Waals surface area (Å²) in [5.74, 6) is -0.718. The minimum atomic E-state index is -3.91. The van der Waals surface area contributed by atoms with Crippen LogP contribution in [0.5, 0.6) is 0 Å². The van der Waals surface area contributed by atoms with E-state index in [0.717, 1.165) is 38.3 Å². The molecule has 0 radical (unpaired) electrons. The summed E-state index contributed by atoms with van der Waals surface area (Å²) in [6, 6.07) is 22.7. The number of nitrogens with zero attached hydrogens (tertiary/aromatic N) is 2. The second-order valence-electron chi connectivity index (χ2n) is 9.57. The Bertz CT molecular complexity index is 1330. The van der Waals surface area contributed by atoms with Crippen molar-refractivity contribution in [2.24, 2.45) is 0 Å². The first-order chi connectivity index (χ1) is 18.6. The number of unbranched alkanes of at least 4 members (excludes halogenated alkanes) is 1. The lowest BCUT2D eigenvalue weighted by atomic mass is 10.0. The molecule has 0 saturated heterocycles. The highest BCUT2D eigenvalue weighted by Gasteiger charge is 2.33. The van der Waals surface area contributed by atoms with Gasteiger partial charge in [-0.2, -0.15) is 4.31 Å². The molecular formula is C30H36BrN3O4S. The summed E-state index contributed by atoms with van der Waals surface area (Å²) >= 11 is 3.44. The Morgan fingerprint density at radius 1 is 0.923 bits per heavy atom. The van der Waals surface area contributed by atoms with E-state index in [1.54, 1.807) is 12.1 Å². The fourth-order valence-electron chi connectivity index (χ4n) is 4.10. The maximum Gasteiger partial charge on any atom is 0.243 e. The Morgan fingerprint density at radius 2 is 1.56 bits per heavy atom. The maximum absolute atomic E-state index is 13.9. The quantitative estimate of drug-likeness (QED) is 0.277. The van der Waals surface area contributed by atoms with Gasteiger partial charge in [0.1, 0.15) is 6.04 Å². The van der Waals surface area contributed by atoms with Gasteiger partial charge >= 0.3 is 0 Å². The first kappa shape index (κ1) is 30.5. The fourth-order valence-corrected chi connectivity index (χ4v) is 5.49. The number of carbonyl (C=O) groups is 2. The number of halogens is 1. The SMILES string of the molecule is CCCCNC(=O)[C@@H](Cc1ccccc1)N(Cc1ccc(Br)cc1)C(=O)CN(C)S(=O)(=O)c1ccc(C)cc1. The lowest BCUT2D eigenvalue weighted by molar-refractivity contribution is -0.141. The third-order valence-corrected chi connectivity index (χ3v) is 8.80. The van der Waals surface area contributed by atoms with Gasteiger partial charge in [0.05, 0.1) is 11.4 Å². The molecule has 208 valence electrons. The Morgan fingerprint density at radius 3 is 2.18 bits per heavy atom. The van der Waals surface area contributed by atoms with Gasteiger partial charge in [0.2, 0.25) is 21.8 Å². The van der Waals surface area contributed by atoms with Crippen molar-refractivity contribution in [3.05, 3.63) is 100 Å². The normalized spacial score (nSPS) is 12.2. The van der Waals surface area contributed by atoms with Crippen LogP contribution in [0.3, 0.4) is 0 Å². The molecule has 0 spiro atoms. The number of hydrogen-bond donors (Lipinski definition) is 1. The van der Waals surface area contributed by atoms with Gasteiger partial charge in [0.25, 0.3) is 0 Å². The topological polar surface area (TPSA) is 86.8 Å². The van der Waals surface area contributed by atoms with E-state index in [-0.39, 0.29) is 17.3 Å². The number of nitrogens with one attached hydrogen (secondary N) is 1. The number of benzene rings is 3. The molecule has 0 bridgehead atoms. The average molecular weight is 615 g/mol. The van der Waals surface area contributed by atoms with Crippen LogP contribution in [-0.4, -0.2) is 55.6 Å². The van der Waals surface area contributed by atoms with Gasteiger partial charge in [-0.1, -0.05) is 89.4 Å². The molecule has 0 heterocycles. The van der Waals surface area contributed by atoms with Gasteiger partial charge < -0.3 is 10.2 Å². The Labute approximate surface area is 240 Å². The molecule has 2 amide bonds. The minimum Gasteiger partial charge on any atom is -0.354 e. The smallest absolute Gasteiger partial charge is 0.243 e. The van der Waals surface area contributed by atoms with Crippen LogP contribution in [0.25, 0.3) is 0 Å². The Balaban J connectivity index is 1.94. The molecule has 0 fully saturated rings. The Hall–Kier alpha value is -3.01. The number of aryl methyl sites for hydroxylation is 1. The van der Waals surface area contributed by atoms with E-state index in [0.29, 0.717) is 13.0 Å². The molecule has 1 atom stereocenters. The van der Waals surface area contributed by atoms with Crippen LogP contribution in [-0.2, 0) is 32.6 Å². The van der Waals surface area contributed by atoms with Crippen LogP contribution in [0.15, 0.2) is 88.2 Å². The van der Waals surface area contributed by atoms with Crippen LogP contribution in [0.4, 0.5) is 0 Å². The third kappa shape index (κ3) is 8.74. The van der Waals surface area contributed by atoms with E-state index in [2.05, 4.69) is 21.2 Å². The number of sulfonamides is 1. The fraction of sp³-hybridized carbons (Fsp3) is 0.333. The van der Waals surface area contributed by atoms with Crippen molar-refractivity contribution in [1.82, 2.24) is 14.5 Å². The molecule has 0 aliphatic heterocycles. The summed E-state index contributed by atoms with van der Waals surface area (Å²) in [5.41, 5.74) is 2.67. The lowest BCUT2D eigenvalue weighted by Crippen LogP contribution is -2.53. The zero-order chi connectivity index (χ0) is 28.4. The van der Waals surface area contributed by atoms with Crippen LogP contribution in [0.2, 0.25) is 0 Å². The number of hydrogen-bond acceptors (Lipinski definition) is 4. The van der Waals surface area contributed by atoms with Crippen LogP contribution >= 0.6 is 15.9 Å². The van der Waals surface area contributed by atoms with Gasteiger partial charge in [-0.3, -0.25) is 9.59 Å². The predicted molar refractivity (Wildman–Crippen MR) is 158 cm³/mol. The lowest BCUT2D eigenvalue weighted by Gasteiger charge is -2.32. The average Bonchev–Trinajstić information content (AvgIpc) is 2.92. The highest BCUT2D eigenvalue weighted by molar-refractivity contribution is 9.10. The van der Waals surface area contributed by atoms with Crippen molar-refractivity contribution in [2.45, 2.75) is 50.6 Å². The first-order valence-electron chi connectivity index (χ1n) is 13.0. The van der Waals surface area contributed by atoms with E-state index in [4.69, 9.17) is 0 Å². The van der Waals surface area contributed by atoms with Gasteiger partial charge in [-0.25, -0.2) is 8.42 Å². The molecule has 3 aromatic rings. The highest BCUT2D eigenvalue weighted by atomic mass is 79.9. The molecule has 0 unspecified atom stereocenters. The van der Waals surface area contributed by atoms with E-state index >= 15 is 0 Å². The summed E-state index contributed by atoms with van der Waals surface area (Å²) in [6.45, 7) is 4.18. The van der Waals surface area contributed by atoms with Crippen molar-refractivity contribution in [1.29, 1.82) is 0 Å². The summed E-state index contributed by atoms with van der Waals surface area (Å²) in [5, 5.41) is 2.98. The second kappa shape index (κ2) is 14.4. The standard InChI is InChI=1S/C30H36BrN3O4S/c1-4-5-19-32-30(36)28(20-24-9-7-6-8-10-24)34(21-25-13-15-26(31)16-14-25)29(35)22-33(3)39(37,38)27-17-11-23(2)12-18-27/h6-18,28H,4-5,19-22H2,1-3H3,(H,32,36)/t28-/m1/s1. The molecule has 3 aromatic carbocycles. The van der Waals surface area contributed by atoms with Crippen molar-refractivity contribution in [3.63, 3.8) is 0 Å². The molecule has 0 aliphatic rings. The molecule has 7 nitrogen and oxygen atoms in total. The summed E-state index contributed by atoms with van der Waals surface area (Å²) in [6.07, 6.45) is 2.05. The van der Waals surface area contributed by atoms with Crippen LogP contribution < -0.4 is 5.32 Å². The maximum atomic E-state index is 13.9. The van der Waals surface area contributed by atoms with Crippen molar-refractivity contribution < 1.29 is 18.0 Å². The van der Waals surface area contributed by atoms with Crippen molar-refractivity contribution in [3.8, 4) is 0 Å². The summed E-state index contributed by atoms with van der Waals surface area (Å²) in [4.78, 5) is 29.0. The second-order valence-corrected chi connectivity index (χ2v) is 12.5. The van der Waals surface area contributed by atoms with E-state index in [1.165, 1.54) is 24.1 Å². The molecule has 1 N–H and O–H groups in total. The van der Waals surface area contributed by atoms with Crippen LogP contribution in [0, 0.1) is 6.92 Å².